The fourth-order valence-corrected chi connectivity index (χ4v) is 2.33. The van der Waals surface area contributed by atoms with Crippen LogP contribution in [0.25, 0.3) is 0 Å². The van der Waals surface area contributed by atoms with Crippen molar-refractivity contribution in [3.05, 3.63) is 29.8 Å². The number of hydrogen-bond donors (Lipinski definition) is 1. The van der Waals surface area contributed by atoms with E-state index in [1.165, 1.54) is 0 Å². The molecule has 2 rings (SSSR count). The summed E-state index contributed by atoms with van der Waals surface area (Å²) in [5.74, 6) is 1.44. The number of rotatable bonds is 5. The first kappa shape index (κ1) is 14.9. The summed E-state index contributed by atoms with van der Waals surface area (Å²) in [5, 5.41) is 9.14. The molecule has 1 saturated heterocycles. The van der Waals surface area contributed by atoms with Gasteiger partial charge in [0.05, 0.1) is 6.61 Å². The van der Waals surface area contributed by atoms with Crippen molar-refractivity contribution < 1.29 is 14.6 Å². The molecular weight excluding hydrogens is 254 g/mol. The molecule has 1 aromatic carbocycles. The smallest absolute Gasteiger partial charge is 0.253 e. The van der Waals surface area contributed by atoms with Gasteiger partial charge in [-0.3, -0.25) is 4.79 Å². The van der Waals surface area contributed by atoms with E-state index in [4.69, 9.17) is 9.84 Å². The fourth-order valence-electron chi connectivity index (χ4n) is 2.33. The van der Waals surface area contributed by atoms with E-state index in [1.54, 1.807) is 6.07 Å². The van der Waals surface area contributed by atoms with Gasteiger partial charge < -0.3 is 14.7 Å². The van der Waals surface area contributed by atoms with E-state index >= 15 is 0 Å². The third kappa shape index (κ3) is 3.73. The van der Waals surface area contributed by atoms with Crippen molar-refractivity contribution in [1.29, 1.82) is 0 Å². The van der Waals surface area contributed by atoms with Gasteiger partial charge >= 0.3 is 0 Å². The summed E-state index contributed by atoms with van der Waals surface area (Å²) in [6.07, 6.45) is 0.881. The Morgan fingerprint density at radius 1 is 1.50 bits per heavy atom. The lowest BCUT2D eigenvalue weighted by molar-refractivity contribution is 0.0781. The van der Waals surface area contributed by atoms with Crippen molar-refractivity contribution in [3.8, 4) is 5.75 Å². The Morgan fingerprint density at radius 2 is 2.30 bits per heavy atom. The highest BCUT2D eigenvalue weighted by Crippen LogP contribution is 2.20. The highest BCUT2D eigenvalue weighted by molar-refractivity contribution is 5.94. The Labute approximate surface area is 120 Å². The normalized spacial score (nSPS) is 18.6. The molecule has 1 atom stereocenters. The number of ether oxygens (including phenoxy) is 1. The van der Waals surface area contributed by atoms with Gasteiger partial charge in [-0.1, -0.05) is 19.9 Å². The minimum absolute atomic E-state index is 0.0240. The predicted molar refractivity (Wildman–Crippen MR) is 77.9 cm³/mol. The molecule has 0 spiro atoms. The standard InChI is InChI=1S/C16H23NO3/c1-12(2)11-20-15-5-3-4-14(8-15)16(19)17-7-6-13(9-17)10-18/h3-5,8,12-13,18H,6-7,9-11H2,1-2H3. The molecule has 110 valence electrons. The molecule has 1 amide bonds. The Kier molecular flexibility index (Phi) is 5.01. The number of carbonyl (C=O) groups is 1. The van der Waals surface area contributed by atoms with E-state index in [0.717, 1.165) is 18.7 Å². The van der Waals surface area contributed by atoms with Gasteiger partial charge in [0, 0.05) is 31.2 Å². The molecule has 0 saturated carbocycles. The predicted octanol–water partition coefficient (Wildman–Crippen LogP) is 2.18. The van der Waals surface area contributed by atoms with Crippen LogP contribution in [0, 0.1) is 11.8 Å². The number of aliphatic hydroxyl groups is 1. The van der Waals surface area contributed by atoms with Crippen LogP contribution in [0.2, 0.25) is 0 Å². The van der Waals surface area contributed by atoms with Crippen molar-refractivity contribution in [2.24, 2.45) is 11.8 Å². The van der Waals surface area contributed by atoms with Crippen molar-refractivity contribution in [2.75, 3.05) is 26.3 Å². The molecule has 1 N–H and O–H groups in total. The first-order valence-electron chi connectivity index (χ1n) is 7.23. The molecule has 4 nitrogen and oxygen atoms in total. The summed E-state index contributed by atoms with van der Waals surface area (Å²) < 4.78 is 5.65. The van der Waals surface area contributed by atoms with Gasteiger partial charge in [0.25, 0.3) is 5.91 Å². The molecule has 0 bridgehead atoms. The highest BCUT2D eigenvalue weighted by atomic mass is 16.5. The number of benzene rings is 1. The van der Waals surface area contributed by atoms with Crippen LogP contribution in [0.1, 0.15) is 30.6 Å². The van der Waals surface area contributed by atoms with Crippen LogP contribution in [0.3, 0.4) is 0 Å². The number of amides is 1. The van der Waals surface area contributed by atoms with Crippen LogP contribution in [0.5, 0.6) is 5.75 Å². The van der Waals surface area contributed by atoms with Crippen LogP contribution in [0.4, 0.5) is 0 Å². The summed E-state index contributed by atoms with van der Waals surface area (Å²) in [4.78, 5) is 14.2. The maximum Gasteiger partial charge on any atom is 0.253 e. The summed E-state index contributed by atoms with van der Waals surface area (Å²) in [5.41, 5.74) is 0.657. The molecule has 4 heteroatoms. The molecule has 0 radical (unpaired) electrons. The topological polar surface area (TPSA) is 49.8 Å². The van der Waals surface area contributed by atoms with Crippen LogP contribution < -0.4 is 4.74 Å². The van der Waals surface area contributed by atoms with Crippen LogP contribution in [0.15, 0.2) is 24.3 Å². The Hall–Kier alpha value is -1.55. The average Bonchev–Trinajstić information content (AvgIpc) is 2.93. The van der Waals surface area contributed by atoms with Gasteiger partial charge in [-0.25, -0.2) is 0 Å². The first-order chi connectivity index (χ1) is 9.60. The van der Waals surface area contributed by atoms with Gasteiger partial charge in [0.15, 0.2) is 0 Å². The van der Waals surface area contributed by atoms with Crippen LogP contribution >= 0.6 is 0 Å². The molecule has 1 fully saturated rings. The minimum Gasteiger partial charge on any atom is -0.493 e. The zero-order valence-corrected chi connectivity index (χ0v) is 12.2. The van der Waals surface area contributed by atoms with E-state index in [0.29, 0.717) is 24.6 Å². The summed E-state index contributed by atoms with van der Waals surface area (Å²) in [6, 6.07) is 7.34. The Morgan fingerprint density at radius 3 is 2.95 bits per heavy atom. The monoisotopic (exact) mass is 277 g/mol. The number of hydrogen-bond acceptors (Lipinski definition) is 3. The van der Waals surface area contributed by atoms with Gasteiger partial charge in [-0.2, -0.15) is 0 Å². The zero-order valence-electron chi connectivity index (χ0n) is 12.2. The molecule has 20 heavy (non-hydrogen) atoms. The number of carbonyl (C=O) groups excluding carboxylic acids is 1. The quantitative estimate of drug-likeness (QED) is 0.897. The largest absolute Gasteiger partial charge is 0.493 e. The molecule has 1 heterocycles. The van der Waals surface area contributed by atoms with Crippen molar-refractivity contribution >= 4 is 5.91 Å². The third-order valence-corrected chi connectivity index (χ3v) is 3.50. The maximum absolute atomic E-state index is 12.4. The summed E-state index contributed by atoms with van der Waals surface area (Å²) in [7, 11) is 0. The van der Waals surface area contributed by atoms with E-state index < -0.39 is 0 Å². The molecule has 1 aromatic rings. The van der Waals surface area contributed by atoms with E-state index in [-0.39, 0.29) is 18.4 Å². The minimum atomic E-state index is 0.0240. The highest BCUT2D eigenvalue weighted by Gasteiger charge is 2.26. The van der Waals surface area contributed by atoms with Crippen LogP contribution in [-0.2, 0) is 0 Å². The summed E-state index contributed by atoms with van der Waals surface area (Å²) >= 11 is 0. The van der Waals surface area contributed by atoms with Crippen molar-refractivity contribution in [3.63, 3.8) is 0 Å². The lowest BCUT2D eigenvalue weighted by atomic mass is 10.1. The Bertz CT molecular complexity index is 459. The average molecular weight is 277 g/mol. The van der Waals surface area contributed by atoms with E-state index in [9.17, 15) is 4.79 Å². The molecule has 0 aliphatic carbocycles. The SMILES string of the molecule is CC(C)COc1cccc(C(=O)N2CCC(CO)C2)c1. The second-order valence-electron chi connectivity index (χ2n) is 5.82. The second kappa shape index (κ2) is 6.75. The van der Waals surface area contributed by atoms with Gasteiger partial charge in [0.2, 0.25) is 0 Å². The van der Waals surface area contributed by atoms with Gasteiger partial charge in [-0.15, -0.1) is 0 Å². The maximum atomic E-state index is 12.4. The number of likely N-dealkylation sites (tertiary alicyclic amines) is 1. The second-order valence-corrected chi connectivity index (χ2v) is 5.82. The van der Waals surface area contributed by atoms with Gasteiger partial charge in [-0.05, 0) is 30.5 Å². The zero-order chi connectivity index (χ0) is 14.5. The van der Waals surface area contributed by atoms with Gasteiger partial charge in [0.1, 0.15) is 5.75 Å². The molecular formula is C16H23NO3. The molecule has 1 aliphatic rings. The van der Waals surface area contributed by atoms with Crippen molar-refractivity contribution in [1.82, 2.24) is 4.90 Å². The molecule has 1 aliphatic heterocycles. The lowest BCUT2D eigenvalue weighted by Gasteiger charge is -2.17. The lowest BCUT2D eigenvalue weighted by Crippen LogP contribution is -2.29. The van der Waals surface area contributed by atoms with E-state index in [1.807, 2.05) is 23.1 Å². The van der Waals surface area contributed by atoms with Crippen molar-refractivity contribution in [2.45, 2.75) is 20.3 Å². The third-order valence-electron chi connectivity index (χ3n) is 3.50. The Balaban J connectivity index is 2.01. The number of aliphatic hydroxyl groups excluding tert-OH is 1. The molecule has 0 aromatic heterocycles. The molecule has 1 unspecified atom stereocenters. The first-order valence-corrected chi connectivity index (χ1v) is 7.23. The fraction of sp³-hybridized carbons (Fsp3) is 0.562. The van der Waals surface area contributed by atoms with E-state index in [2.05, 4.69) is 13.8 Å². The van der Waals surface area contributed by atoms with Crippen LogP contribution in [-0.4, -0.2) is 42.2 Å². The number of nitrogens with zero attached hydrogens (tertiary/aromatic N) is 1. The summed E-state index contributed by atoms with van der Waals surface area (Å²) in [6.45, 7) is 6.35.